The van der Waals surface area contributed by atoms with Gasteiger partial charge in [-0.25, -0.2) is 8.42 Å². The molecule has 120 valence electrons. The maximum absolute atomic E-state index is 13.1. The highest BCUT2D eigenvalue weighted by Crippen LogP contribution is 2.36. The van der Waals surface area contributed by atoms with Crippen molar-refractivity contribution < 1.29 is 12.8 Å². The van der Waals surface area contributed by atoms with Crippen LogP contribution in [0.4, 0.5) is 0 Å². The third-order valence-corrected chi connectivity index (χ3v) is 5.99. The highest BCUT2D eigenvalue weighted by atomic mass is 32.2. The van der Waals surface area contributed by atoms with Crippen LogP contribution in [-0.2, 0) is 16.6 Å². The normalized spacial score (nSPS) is 15.9. The van der Waals surface area contributed by atoms with Crippen molar-refractivity contribution in [1.82, 2.24) is 9.62 Å². The lowest BCUT2D eigenvalue weighted by Crippen LogP contribution is -2.34. The third-order valence-electron chi connectivity index (χ3n) is 3.84. The van der Waals surface area contributed by atoms with Crippen LogP contribution in [0.5, 0.6) is 0 Å². The molecule has 1 aliphatic carbocycles. The molecule has 1 fully saturated rings. The number of hydrogen-bond acceptors (Lipinski definition) is 4. The summed E-state index contributed by atoms with van der Waals surface area (Å²) in [6, 6.07) is 0.177. The molecule has 0 atom stereocenters. The van der Waals surface area contributed by atoms with Crippen LogP contribution in [0.25, 0.3) is 0 Å². The van der Waals surface area contributed by atoms with E-state index in [2.05, 4.69) is 5.32 Å². The average Bonchev–Trinajstić information content (AvgIpc) is 3.19. The van der Waals surface area contributed by atoms with Gasteiger partial charge < -0.3 is 9.73 Å². The van der Waals surface area contributed by atoms with Gasteiger partial charge in [0.2, 0.25) is 10.0 Å². The molecule has 1 saturated carbocycles. The number of nitrogens with one attached hydrogen (secondary N) is 1. The van der Waals surface area contributed by atoms with E-state index in [0.717, 1.165) is 31.4 Å². The molecule has 5 nitrogen and oxygen atoms in total. The van der Waals surface area contributed by atoms with Gasteiger partial charge in [0, 0.05) is 24.7 Å². The summed E-state index contributed by atoms with van der Waals surface area (Å²) in [5, 5.41) is 3.20. The summed E-state index contributed by atoms with van der Waals surface area (Å²) in [6.07, 6.45) is 2.77. The van der Waals surface area contributed by atoms with Crippen LogP contribution in [0.1, 0.15) is 50.2 Å². The van der Waals surface area contributed by atoms with Gasteiger partial charge in [0.25, 0.3) is 0 Å². The molecule has 1 N–H and O–H groups in total. The molecular formula is C15H26N2O3S. The zero-order valence-electron chi connectivity index (χ0n) is 13.4. The molecule has 1 aliphatic rings. The van der Waals surface area contributed by atoms with Gasteiger partial charge >= 0.3 is 0 Å². The molecule has 0 aromatic carbocycles. The van der Waals surface area contributed by atoms with Gasteiger partial charge in [0.15, 0.2) is 0 Å². The van der Waals surface area contributed by atoms with Gasteiger partial charge in [0.1, 0.15) is 16.4 Å². The maximum atomic E-state index is 13.1. The van der Waals surface area contributed by atoms with Crippen LogP contribution in [0.15, 0.2) is 9.31 Å². The van der Waals surface area contributed by atoms with Crippen molar-refractivity contribution in [3.8, 4) is 0 Å². The fraction of sp³-hybridized carbons (Fsp3) is 0.733. The predicted molar refractivity (Wildman–Crippen MR) is 82.8 cm³/mol. The van der Waals surface area contributed by atoms with Crippen LogP contribution in [0.2, 0.25) is 0 Å². The Kier molecular flexibility index (Phi) is 5.11. The molecule has 0 spiro atoms. The molecule has 21 heavy (non-hydrogen) atoms. The first-order valence-corrected chi connectivity index (χ1v) is 9.18. The second kappa shape index (κ2) is 6.50. The van der Waals surface area contributed by atoms with Crippen LogP contribution in [0.3, 0.4) is 0 Å². The summed E-state index contributed by atoms with van der Waals surface area (Å²) in [5.41, 5.74) is 0.774. The van der Waals surface area contributed by atoms with E-state index in [1.165, 1.54) is 0 Å². The second-order valence-electron chi connectivity index (χ2n) is 5.65. The van der Waals surface area contributed by atoms with Gasteiger partial charge in [-0.1, -0.05) is 13.8 Å². The first-order chi connectivity index (χ1) is 9.93. The van der Waals surface area contributed by atoms with E-state index in [0.29, 0.717) is 29.5 Å². The Labute approximate surface area is 127 Å². The minimum absolute atomic E-state index is 0.177. The standard InChI is InChI=1S/C15H26N2O3S/c1-5-9-17(13-7-8-13)21(18,19)15-12(4)20-11(3)14(15)10-16-6-2/h13,16H,5-10H2,1-4H3. The van der Waals surface area contributed by atoms with Crippen molar-refractivity contribution in [2.45, 2.75) is 64.4 Å². The largest absolute Gasteiger partial charge is 0.465 e. The molecule has 0 aliphatic heterocycles. The Balaban J connectivity index is 2.42. The van der Waals surface area contributed by atoms with Crippen LogP contribution >= 0.6 is 0 Å². The van der Waals surface area contributed by atoms with Crippen molar-refractivity contribution in [2.75, 3.05) is 13.1 Å². The van der Waals surface area contributed by atoms with Gasteiger partial charge in [-0.2, -0.15) is 4.31 Å². The summed E-state index contributed by atoms with van der Waals surface area (Å²) in [5.74, 6) is 1.20. The molecule has 6 heteroatoms. The number of aryl methyl sites for hydroxylation is 2. The van der Waals surface area contributed by atoms with Gasteiger partial charge in [-0.15, -0.1) is 0 Å². The smallest absolute Gasteiger partial charge is 0.247 e. The fourth-order valence-electron chi connectivity index (χ4n) is 2.70. The molecular weight excluding hydrogens is 288 g/mol. The molecule has 0 bridgehead atoms. The topological polar surface area (TPSA) is 62.6 Å². The summed E-state index contributed by atoms with van der Waals surface area (Å²) in [7, 11) is -3.47. The molecule has 1 aromatic heterocycles. The van der Waals surface area contributed by atoms with E-state index in [1.807, 2.05) is 20.8 Å². The Hall–Kier alpha value is -0.850. The molecule has 0 saturated heterocycles. The lowest BCUT2D eigenvalue weighted by Gasteiger charge is -2.21. The summed E-state index contributed by atoms with van der Waals surface area (Å²) in [4.78, 5) is 0.376. The quantitative estimate of drug-likeness (QED) is 0.801. The highest BCUT2D eigenvalue weighted by Gasteiger charge is 2.40. The number of nitrogens with zero attached hydrogens (tertiary/aromatic N) is 1. The van der Waals surface area contributed by atoms with Gasteiger partial charge in [-0.3, -0.25) is 0 Å². The Morgan fingerprint density at radius 3 is 2.43 bits per heavy atom. The number of hydrogen-bond donors (Lipinski definition) is 1. The Morgan fingerprint density at radius 2 is 1.90 bits per heavy atom. The number of furan rings is 1. The van der Waals surface area contributed by atoms with E-state index in [9.17, 15) is 8.42 Å². The van der Waals surface area contributed by atoms with Gasteiger partial charge in [0.05, 0.1) is 0 Å². The Morgan fingerprint density at radius 1 is 1.24 bits per heavy atom. The summed E-state index contributed by atoms with van der Waals surface area (Å²) in [6.45, 7) is 9.49. The molecule has 0 unspecified atom stereocenters. The van der Waals surface area contributed by atoms with E-state index in [1.54, 1.807) is 11.2 Å². The van der Waals surface area contributed by atoms with E-state index < -0.39 is 10.0 Å². The average molecular weight is 314 g/mol. The van der Waals surface area contributed by atoms with Crippen molar-refractivity contribution in [3.05, 3.63) is 17.1 Å². The monoisotopic (exact) mass is 314 g/mol. The van der Waals surface area contributed by atoms with Crippen molar-refractivity contribution in [3.63, 3.8) is 0 Å². The third kappa shape index (κ3) is 3.33. The zero-order chi connectivity index (χ0) is 15.6. The first kappa shape index (κ1) is 16.5. The van der Waals surface area contributed by atoms with E-state index in [4.69, 9.17) is 4.42 Å². The highest BCUT2D eigenvalue weighted by molar-refractivity contribution is 7.89. The predicted octanol–water partition coefficient (Wildman–Crippen LogP) is 2.57. The van der Waals surface area contributed by atoms with Crippen molar-refractivity contribution in [2.24, 2.45) is 0 Å². The van der Waals surface area contributed by atoms with Crippen molar-refractivity contribution >= 4 is 10.0 Å². The lowest BCUT2D eigenvalue weighted by molar-refractivity contribution is 0.401. The first-order valence-electron chi connectivity index (χ1n) is 7.74. The summed E-state index contributed by atoms with van der Waals surface area (Å²) >= 11 is 0. The number of rotatable bonds is 8. The van der Waals surface area contributed by atoms with E-state index in [-0.39, 0.29) is 6.04 Å². The maximum Gasteiger partial charge on any atom is 0.247 e. The molecule has 0 radical (unpaired) electrons. The van der Waals surface area contributed by atoms with Gasteiger partial charge in [-0.05, 0) is 39.7 Å². The number of sulfonamides is 1. The molecule has 1 aromatic rings. The lowest BCUT2D eigenvalue weighted by atomic mass is 10.2. The minimum atomic E-state index is -3.47. The van der Waals surface area contributed by atoms with Crippen LogP contribution in [0, 0.1) is 13.8 Å². The molecule has 0 amide bonds. The molecule has 1 heterocycles. The van der Waals surface area contributed by atoms with Crippen molar-refractivity contribution in [1.29, 1.82) is 0 Å². The minimum Gasteiger partial charge on any atom is -0.465 e. The summed E-state index contributed by atoms with van der Waals surface area (Å²) < 4.78 is 33.4. The molecule has 2 rings (SSSR count). The second-order valence-corrected chi connectivity index (χ2v) is 7.48. The SMILES string of the molecule is CCCN(C1CC1)S(=O)(=O)c1c(C)oc(C)c1CNCC. The zero-order valence-corrected chi connectivity index (χ0v) is 14.2. The van der Waals surface area contributed by atoms with Crippen LogP contribution < -0.4 is 5.32 Å². The fourth-order valence-corrected chi connectivity index (χ4v) is 4.89. The van der Waals surface area contributed by atoms with Crippen LogP contribution in [-0.4, -0.2) is 31.9 Å². The van der Waals surface area contributed by atoms with E-state index >= 15 is 0 Å². The Bertz CT molecular complexity index is 588.